The number of anilines is 1. The molecule has 2 amide bonds. The minimum Gasteiger partial charge on any atom is -0.507 e. The first-order valence-electron chi connectivity index (χ1n) is 16.2. The van der Waals surface area contributed by atoms with E-state index in [1.54, 1.807) is 6.07 Å². The Labute approximate surface area is 279 Å². The van der Waals surface area contributed by atoms with Crippen LogP contribution in [0.1, 0.15) is 62.6 Å². The van der Waals surface area contributed by atoms with Gasteiger partial charge in [0, 0.05) is 5.39 Å². The van der Waals surface area contributed by atoms with E-state index < -0.39 is 72.0 Å². The summed E-state index contributed by atoms with van der Waals surface area (Å²) in [7, 11) is -1.30. The standard InChI is InChI=1S/C36H34BF6NO5/c1-3-19(13-21-10-11-29(45)26-8-6-5-7-25(21)26)9-12-30-31-20(4-2)14-27-32(28(31)18-37(48)49-30)34(47)44(33(27)46)24-16-22(35(38,39)40)15-23(17-24)36(41,42)43/h5-8,10-11,13,15-17,27-28,30,32,45,48H,3-4,9,12,14,18H2,1-2H3/b19-13+/t27-,28+,30-,32-/m1/s1. The van der Waals surface area contributed by atoms with Gasteiger partial charge in [0.1, 0.15) is 5.75 Å². The zero-order valence-corrected chi connectivity index (χ0v) is 26.7. The van der Waals surface area contributed by atoms with E-state index in [-0.39, 0.29) is 24.6 Å². The number of hydrogen-bond acceptors (Lipinski definition) is 5. The second-order valence-electron chi connectivity index (χ2n) is 12.9. The van der Waals surface area contributed by atoms with Crippen LogP contribution in [-0.4, -0.2) is 35.2 Å². The van der Waals surface area contributed by atoms with Gasteiger partial charge >= 0.3 is 19.5 Å². The molecule has 0 spiro atoms. The minimum absolute atomic E-state index is 0.0427. The summed E-state index contributed by atoms with van der Waals surface area (Å²) in [6, 6.07) is 11.7. The number of phenols is 1. The van der Waals surface area contributed by atoms with E-state index >= 15 is 0 Å². The van der Waals surface area contributed by atoms with Crippen LogP contribution >= 0.6 is 0 Å². The van der Waals surface area contributed by atoms with Crippen LogP contribution in [0.4, 0.5) is 32.0 Å². The monoisotopic (exact) mass is 685 g/mol. The first-order chi connectivity index (χ1) is 23.1. The molecule has 2 heterocycles. The lowest BCUT2D eigenvalue weighted by molar-refractivity contribution is -0.143. The van der Waals surface area contributed by atoms with Crippen LogP contribution in [0.25, 0.3) is 16.8 Å². The molecular formula is C36H34BF6NO5. The first-order valence-corrected chi connectivity index (χ1v) is 16.2. The third kappa shape index (κ3) is 6.50. The Hall–Kier alpha value is -4.10. The number of carbonyl (C=O) groups excluding carboxylic acids is 2. The Morgan fingerprint density at radius 2 is 1.59 bits per heavy atom. The molecule has 4 atom stereocenters. The fraction of sp³-hybridized carbons (Fsp3) is 0.389. The predicted octanol–water partition coefficient (Wildman–Crippen LogP) is 8.57. The van der Waals surface area contributed by atoms with Gasteiger partial charge in [-0.25, -0.2) is 4.90 Å². The topological polar surface area (TPSA) is 87.1 Å². The summed E-state index contributed by atoms with van der Waals surface area (Å²) in [5, 5.41) is 22.7. The van der Waals surface area contributed by atoms with Crippen molar-refractivity contribution in [3.8, 4) is 5.75 Å². The molecule has 2 N–H and O–H groups in total. The highest BCUT2D eigenvalue weighted by molar-refractivity contribution is 6.43. The van der Waals surface area contributed by atoms with Crippen molar-refractivity contribution in [2.75, 3.05) is 4.90 Å². The van der Waals surface area contributed by atoms with E-state index in [4.69, 9.17) is 4.65 Å². The number of imide groups is 1. The molecule has 0 aromatic heterocycles. The molecule has 0 unspecified atom stereocenters. The van der Waals surface area contributed by atoms with E-state index in [9.17, 15) is 46.1 Å². The molecule has 6 nitrogen and oxygen atoms in total. The molecule has 258 valence electrons. The van der Waals surface area contributed by atoms with Gasteiger partial charge in [0.2, 0.25) is 11.8 Å². The van der Waals surface area contributed by atoms with E-state index in [1.165, 1.54) is 0 Å². The molecule has 6 rings (SSSR count). The number of hydrogen-bond donors (Lipinski definition) is 2. The predicted molar refractivity (Wildman–Crippen MR) is 172 cm³/mol. The summed E-state index contributed by atoms with van der Waals surface area (Å²) in [5.41, 5.74) is -0.452. The summed E-state index contributed by atoms with van der Waals surface area (Å²) in [5.74, 6) is -4.34. The van der Waals surface area contributed by atoms with Gasteiger partial charge in [-0.15, -0.1) is 0 Å². The minimum atomic E-state index is -5.15. The van der Waals surface area contributed by atoms with Gasteiger partial charge in [-0.2, -0.15) is 26.3 Å². The van der Waals surface area contributed by atoms with Crippen LogP contribution in [0.3, 0.4) is 0 Å². The molecule has 2 fully saturated rings. The number of benzene rings is 3. The average molecular weight is 685 g/mol. The molecule has 1 aliphatic carbocycles. The average Bonchev–Trinajstić information content (AvgIpc) is 3.31. The van der Waals surface area contributed by atoms with Crippen molar-refractivity contribution in [3.05, 3.63) is 88.0 Å². The third-order valence-electron chi connectivity index (χ3n) is 10.0. The van der Waals surface area contributed by atoms with Crippen LogP contribution in [0.2, 0.25) is 6.32 Å². The number of carbonyl (C=O) groups is 2. The van der Waals surface area contributed by atoms with Gasteiger partial charge in [-0.05, 0) is 85.1 Å². The Morgan fingerprint density at radius 3 is 2.20 bits per heavy atom. The van der Waals surface area contributed by atoms with Crippen molar-refractivity contribution in [2.24, 2.45) is 17.8 Å². The van der Waals surface area contributed by atoms with Crippen LogP contribution in [0.5, 0.6) is 5.75 Å². The lowest BCUT2D eigenvalue weighted by Crippen LogP contribution is -2.46. The molecule has 3 aliphatic rings. The zero-order valence-electron chi connectivity index (χ0n) is 26.7. The molecule has 2 aliphatic heterocycles. The quantitative estimate of drug-likeness (QED) is 0.113. The highest BCUT2D eigenvalue weighted by Crippen LogP contribution is 2.52. The van der Waals surface area contributed by atoms with Crippen molar-refractivity contribution < 1.29 is 50.7 Å². The number of phenolic OH excluding ortho intramolecular Hbond substituents is 1. The lowest BCUT2D eigenvalue weighted by Gasteiger charge is -2.43. The second-order valence-corrected chi connectivity index (χ2v) is 12.9. The maximum Gasteiger partial charge on any atom is 0.455 e. The zero-order chi connectivity index (χ0) is 35.4. The molecule has 0 bridgehead atoms. The molecular weight excluding hydrogens is 651 g/mol. The van der Waals surface area contributed by atoms with E-state index in [0.29, 0.717) is 48.1 Å². The maximum atomic E-state index is 14.0. The largest absolute Gasteiger partial charge is 0.507 e. The van der Waals surface area contributed by atoms with Gasteiger partial charge in [0.25, 0.3) is 0 Å². The molecule has 0 radical (unpaired) electrons. The Kier molecular flexibility index (Phi) is 9.21. The Morgan fingerprint density at radius 1 is 0.939 bits per heavy atom. The number of nitrogens with zero attached hydrogens (tertiary/aromatic N) is 1. The smallest absolute Gasteiger partial charge is 0.455 e. The fourth-order valence-electron chi connectivity index (χ4n) is 7.74. The summed E-state index contributed by atoms with van der Waals surface area (Å²) in [4.78, 5) is 28.1. The Bertz CT molecular complexity index is 1840. The molecule has 13 heteroatoms. The summed E-state index contributed by atoms with van der Waals surface area (Å²) in [6.07, 6.45) is -6.69. The molecule has 0 saturated carbocycles. The number of halogens is 6. The van der Waals surface area contributed by atoms with Crippen LogP contribution in [0.15, 0.2) is 71.3 Å². The van der Waals surface area contributed by atoms with Crippen molar-refractivity contribution >= 4 is 41.5 Å². The summed E-state index contributed by atoms with van der Waals surface area (Å²) >= 11 is 0. The maximum absolute atomic E-state index is 14.0. The van der Waals surface area contributed by atoms with E-state index in [0.717, 1.165) is 27.7 Å². The van der Waals surface area contributed by atoms with Crippen LogP contribution < -0.4 is 4.90 Å². The van der Waals surface area contributed by atoms with Crippen molar-refractivity contribution in [1.29, 1.82) is 0 Å². The van der Waals surface area contributed by atoms with Crippen molar-refractivity contribution in [3.63, 3.8) is 0 Å². The van der Waals surface area contributed by atoms with Gasteiger partial charge in [0.15, 0.2) is 0 Å². The van der Waals surface area contributed by atoms with Crippen LogP contribution in [0, 0.1) is 17.8 Å². The normalized spacial score (nSPS) is 23.4. The number of fused-ring (bicyclic) bond motifs is 4. The second kappa shape index (κ2) is 13.0. The lowest BCUT2D eigenvalue weighted by atomic mass is 9.58. The van der Waals surface area contributed by atoms with Gasteiger partial charge in [-0.3, -0.25) is 9.59 Å². The Balaban J connectivity index is 1.31. The van der Waals surface area contributed by atoms with E-state index in [1.807, 2.05) is 50.3 Å². The third-order valence-corrected chi connectivity index (χ3v) is 10.0. The van der Waals surface area contributed by atoms with Gasteiger partial charge in [0.05, 0.1) is 34.8 Å². The fourth-order valence-corrected chi connectivity index (χ4v) is 7.74. The molecule has 49 heavy (non-hydrogen) atoms. The number of alkyl halides is 6. The van der Waals surface area contributed by atoms with Crippen molar-refractivity contribution in [2.45, 2.75) is 70.7 Å². The van der Waals surface area contributed by atoms with Gasteiger partial charge in [-0.1, -0.05) is 61.4 Å². The number of amides is 2. The number of aromatic hydroxyl groups is 1. The van der Waals surface area contributed by atoms with E-state index in [2.05, 4.69) is 0 Å². The highest BCUT2D eigenvalue weighted by Gasteiger charge is 2.57. The molecule has 2 saturated heterocycles. The molecule has 3 aromatic rings. The van der Waals surface area contributed by atoms with Crippen LogP contribution in [-0.2, 0) is 26.6 Å². The summed E-state index contributed by atoms with van der Waals surface area (Å²) < 4.78 is 88.0. The van der Waals surface area contributed by atoms with Crippen molar-refractivity contribution in [1.82, 2.24) is 0 Å². The highest BCUT2D eigenvalue weighted by atomic mass is 19.4. The van der Waals surface area contributed by atoms with Gasteiger partial charge < -0.3 is 14.8 Å². The molecule has 3 aromatic carbocycles. The SMILES string of the molecule is CCC1=C2[C@@H](CC/C(=C/c3ccc(O)c4ccccc34)CC)OB(O)C[C@@H]2[C@@H]2C(=O)N(c3cc(C(F)(F)F)cc(C(F)(F)F)c3)C(=O)[C@@H]2C1. The summed E-state index contributed by atoms with van der Waals surface area (Å²) in [6.45, 7) is 3.88. The number of allylic oxidation sites excluding steroid dienone is 2. The first kappa shape index (κ1) is 34.8. The number of rotatable bonds is 7.